The van der Waals surface area contributed by atoms with Crippen molar-refractivity contribution < 1.29 is 9.21 Å². The van der Waals surface area contributed by atoms with Crippen LogP contribution < -0.4 is 5.32 Å². The highest BCUT2D eigenvalue weighted by Crippen LogP contribution is 2.21. The van der Waals surface area contributed by atoms with E-state index in [1.165, 1.54) is 4.88 Å². The van der Waals surface area contributed by atoms with Crippen molar-refractivity contribution in [1.29, 1.82) is 0 Å². The lowest BCUT2D eigenvalue weighted by atomic mass is 10.2. The molecule has 2 aromatic heterocycles. The maximum Gasteiger partial charge on any atom is 0.220 e. The largest absolute Gasteiger partial charge is 0.441 e. The molecule has 1 aromatic carbocycles. The molecule has 4 nitrogen and oxygen atoms in total. The highest BCUT2D eigenvalue weighted by atomic mass is 32.1. The van der Waals surface area contributed by atoms with Crippen LogP contribution >= 0.6 is 11.3 Å². The van der Waals surface area contributed by atoms with Gasteiger partial charge in [0.05, 0.1) is 12.2 Å². The second kappa shape index (κ2) is 7.93. The molecule has 1 N–H and O–H groups in total. The molecule has 0 saturated heterocycles. The number of nitrogens with zero attached hydrogens (tertiary/aromatic N) is 1. The fraction of sp³-hybridized carbons (Fsp3) is 0.263. The molecule has 0 radical (unpaired) electrons. The van der Waals surface area contributed by atoms with Crippen LogP contribution in [0.2, 0.25) is 0 Å². The third-order valence-corrected chi connectivity index (χ3v) is 4.81. The summed E-state index contributed by atoms with van der Waals surface area (Å²) in [4.78, 5) is 17.5. The van der Waals surface area contributed by atoms with Gasteiger partial charge in [0.2, 0.25) is 5.91 Å². The molecule has 2 heterocycles. The lowest BCUT2D eigenvalue weighted by molar-refractivity contribution is -0.121. The molecule has 1 unspecified atom stereocenters. The number of benzene rings is 1. The van der Waals surface area contributed by atoms with Crippen LogP contribution in [0.25, 0.3) is 11.3 Å². The molecule has 0 fully saturated rings. The zero-order valence-corrected chi connectivity index (χ0v) is 14.4. The number of oxazole rings is 1. The summed E-state index contributed by atoms with van der Waals surface area (Å²) in [5.41, 5.74) is 1.01. The second-order valence-electron chi connectivity index (χ2n) is 5.64. The van der Waals surface area contributed by atoms with E-state index in [-0.39, 0.29) is 11.9 Å². The molecular weight excluding hydrogens is 320 g/mol. The third-order valence-electron chi connectivity index (χ3n) is 3.75. The van der Waals surface area contributed by atoms with Crippen molar-refractivity contribution in [2.75, 3.05) is 0 Å². The van der Waals surface area contributed by atoms with E-state index in [1.54, 1.807) is 17.5 Å². The predicted octanol–water partition coefficient (Wildman–Crippen LogP) is 4.60. The van der Waals surface area contributed by atoms with Crippen LogP contribution in [0.4, 0.5) is 0 Å². The smallest absolute Gasteiger partial charge is 0.220 e. The SMILES string of the molecule is CC(NC(=O)CCCc1ncc(-c2ccccc2)o1)c1cccs1. The molecule has 3 aromatic rings. The molecule has 124 valence electrons. The van der Waals surface area contributed by atoms with Crippen molar-refractivity contribution >= 4 is 17.2 Å². The van der Waals surface area contributed by atoms with Gasteiger partial charge in [-0.25, -0.2) is 4.98 Å². The lowest BCUT2D eigenvalue weighted by Crippen LogP contribution is -2.25. The van der Waals surface area contributed by atoms with Crippen molar-refractivity contribution in [2.45, 2.75) is 32.2 Å². The molecule has 0 aliphatic carbocycles. The number of carbonyl (C=O) groups is 1. The maximum atomic E-state index is 12.0. The van der Waals surface area contributed by atoms with Gasteiger partial charge >= 0.3 is 0 Å². The third kappa shape index (κ3) is 4.32. The number of amides is 1. The summed E-state index contributed by atoms with van der Waals surface area (Å²) >= 11 is 1.65. The van der Waals surface area contributed by atoms with Gasteiger partial charge in [0.25, 0.3) is 0 Å². The minimum absolute atomic E-state index is 0.0592. The molecule has 0 saturated carbocycles. The summed E-state index contributed by atoms with van der Waals surface area (Å²) in [6.45, 7) is 2.00. The quantitative estimate of drug-likeness (QED) is 0.684. The molecule has 0 aliphatic heterocycles. The Bertz CT molecular complexity index is 766. The molecule has 0 bridgehead atoms. The summed E-state index contributed by atoms with van der Waals surface area (Å²) in [6, 6.07) is 14.0. The van der Waals surface area contributed by atoms with Crippen LogP contribution in [0, 0.1) is 0 Å². The predicted molar refractivity (Wildman–Crippen MR) is 95.8 cm³/mol. The van der Waals surface area contributed by atoms with Gasteiger partial charge in [0.15, 0.2) is 11.7 Å². The number of carbonyl (C=O) groups excluding carboxylic acids is 1. The van der Waals surface area contributed by atoms with Gasteiger partial charge in [-0.05, 0) is 24.8 Å². The highest BCUT2D eigenvalue weighted by molar-refractivity contribution is 7.10. The van der Waals surface area contributed by atoms with Crippen molar-refractivity contribution in [3.63, 3.8) is 0 Å². The van der Waals surface area contributed by atoms with E-state index in [1.807, 2.05) is 54.8 Å². The van der Waals surface area contributed by atoms with E-state index in [0.717, 1.165) is 17.7 Å². The number of nitrogens with one attached hydrogen (secondary N) is 1. The molecule has 3 rings (SSSR count). The van der Waals surface area contributed by atoms with E-state index in [2.05, 4.69) is 10.3 Å². The summed E-state index contributed by atoms with van der Waals surface area (Å²) in [5.74, 6) is 1.50. The average Bonchev–Trinajstić information content (AvgIpc) is 3.27. The van der Waals surface area contributed by atoms with Crippen molar-refractivity contribution in [2.24, 2.45) is 0 Å². The van der Waals surface area contributed by atoms with E-state index in [9.17, 15) is 4.79 Å². The molecule has 0 spiro atoms. The molecule has 1 amide bonds. The Morgan fingerprint density at radius 3 is 2.83 bits per heavy atom. The summed E-state index contributed by atoms with van der Waals surface area (Å²) < 4.78 is 5.75. The Morgan fingerprint density at radius 2 is 2.08 bits per heavy atom. The fourth-order valence-electron chi connectivity index (χ4n) is 2.48. The van der Waals surface area contributed by atoms with Crippen LogP contribution in [0.1, 0.15) is 36.6 Å². The minimum atomic E-state index is 0.0592. The van der Waals surface area contributed by atoms with Gasteiger partial charge in [0.1, 0.15) is 0 Å². The maximum absolute atomic E-state index is 12.0. The first-order valence-corrected chi connectivity index (χ1v) is 8.93. The Hall–Kier alpha value is -2.40. The first-order chi connectivity index (χ1) is 11.7. The first kappa shape index (κ1) is 16.5. The summed E-state index contributed by atoms with van der Waals surface area (Å²) in [5, 5.41) is 5.04. The minimum Gasteiger partial charge on any atom is -0.441 e. The van der Waals surface area contributed by atoms with Crippen molar-refractivity contribution in [3.8, 4) is 11.3 Å². The molecule has 24 heavy (non-hydrogen) atoms. The van der Waals surface area contributed by atoms with E-state index in [0.29, 0.717) is 18.7 Å². The molecule has 1 atom stereocenters. The first-order valence-electron chi connectivity index (χ1n) is 8.05. The molecule has 0 aliphatic rings. The number of aryl methyl sites for hydroxylation is 1. The number of aromatic nitrogens is 1. The monoisotopic (exact) mass is 340 g/mol. The van der Waals surface area contributed by atoms with Crippen LogP contribution in [0.5, 0.6) is 0 Å². The van der Waals surface area contributed by atoms with Crippen LogP contribution in [0.15, 0.2) is 58.5 Å². The van der Waals surface area contributed by atoms with Crippen LogP contribution in [-0.4, -0.2) is 10.9 Å². The van der Waals surface area contributed by atoms with Gasteiger partial charge in [-0.15, -0.1) is 11.3 Å². The Kier molecular flexibility index (Phi) is 5.43. The van der Waals surface area contributed by atoms with E-state index < -0.39 is 0 Å². The Labute approximate surface area is 145 Å². The zero-order chi connectivity index (χ0) is 16.8. The van der Waals surface area contributed by atoms with Crippen LogP contribution in [-0.2, 0) is 11.2 Å². The van der Waals surface area contributed by atoms with Crippen molar-refractivity contribution in [1.82, 2.24) is 10.3 Å². The van der Waals surface area contributed by atoms with Gasteiger partial charge in [0, 0.05) is 23.3 Å². The summed E-state index contributed by atoms with van der Waals surface area (Å²) in [7, 11) is 0. The second-order valence-corrected chi connectivity index (χ2v) is 6.62. The molecule has 5 heteroatoms. The topological polar surface area (TPSA) is 55.1 Å². The van der Waals surface area contributed by atoms with Gasteiger partial charge in [-0.2, -0.15) is 0 Å². The Balaban J connectivity index is 1.45. The Morgan fingerprint density at radius 1 is 1.25 bits per heavy atom. The van der Waals surface area contributed by atoms with E-state index in [4.69, 9.17) is 4.42 Å². The van der Waals surface area contributed by atoms with Crippen LogP contribution in [0.3, 0.4) is 0 Å². The van der Waals surface area contributed by atoms with Gasteiger partial charge < -0.3 is 9.73 Å². The molecular formula is C19H20N2O2S. The van der Waals surface area contributed by atoms with Crippen molar-refractivity contribution in [3.05, 3.63) is 64.8 Å². The van der Waals surface area contributed by atoms with Gasteiger partial charge in [-0.3, -0.25) is 4.79 Å². The zero-order valence-electron chi connectivity index (χ0n) is 13.6. The van der Waals surface area contributed by atoms with E-state index >= 15 is 0 Å². The highest BCUT2D eigenvalue weighted by Gasteiger charge is 2.11. The summed E-state index contributed by atoms with van der Waals surface area (Å²) in [6.07, 6.45) is 3.59. The number of hydrogen-bond acceptors (Lipinski definition) is 4. The standard InChI is InChI=1S/C19H20N2O2S/c1-14(17-9-6-12-24-17)21-18(22)10-5-11-19-20-13-16(23-19)15-7-3-2-4-8-15/h2-4,6-9,12-14H,5,10-11H2,1H3,(H,21,22). The normalized spacial score (nSPS) is 12.0. The fourth-order valence-corrected chi connectivity index (χ4v) is 3.22. The average molecular weight is 340 g/mol. The number of hydrogen-bond donors (Lipinski definition) is 1. The number of thiophene rings is 1. The number of rotatable bonds is 7. The lowest BCUT2D eigenvalue weighted by Gasteiger charge is -2.11. The van der Waals surface area contributed by atoms with Gasteiger partial charge in [-0.1, -0.05) is 36.4 Å².